The lowest BCUT2D eigenvalue weighted by Crippen LogP contribution is -2.33. The Balaban J connectivity index is 1.38. The number of H-pyrrole nitrogens is 2. The first-order valence-electron chi connectivity index (χ1n) is 11.4. The third-order valence-electron chi connectivity index (χ3n) is 5.87. The van der Waals surface area contributed by atoms with E-state index in [9.17, 15) is 23.6 Å². The highest BCUT2D eigenvalue weighted by molar-refractivity contribution is 5.90. The second-order valence-corrected chi connectivity index (χ2v) is 8.53. The number of hydrogen-bond acceptors (Lipinski definition) is 6. The van der Waals surface area contributed by atoms with Gasteiger partial charge in [0, 0.05) is 31.3 Å². The minimum atomic E-state index is -0.589. The minimum Gasteiger partial charge on any atom is -0.442 e. The van der Waals surface area contributed by atoms with Gasteiger partial charge in [0.05, 0.1) is 24.3 Å². The number of halogens is 1. The van der Waals surface area contributed by atoms with Crippen LogP contribution in [-0.4, -0.2) is 41.2 Å². The zero-order valence-electron chi connectivity index (χ0n) is 19.8. The van der Waals surface area contributed by atoms with E-state index >= 15 is 0 Å². The molecule has 0 radical (unpaired) electrons. The van der Waals surface area contributed by atoms with Crippen LogP contribution in [0.5, 0.6) is 0 Å². The topological polar surface area (TPSA) is 136 Å². The van der Waals surface area contributed by atoms with Crippen molar-refractivity contribution < 1.29 is 18.7 Å². The quantitative estimate of drug-likeness (QED) is 0.377. The molecule has 188 valence electrons. The Morgan fingerprint density at radius 1 is 1.11 bits per heavy atom. The molecule has 0 unspecified atom stereocenters. The molecular weight excluding hydrogens is 469 g/mol. The van der Waals surface area contributed by atoms with Crippen molar-refractivity contribution in [3.05, 3.63) is 85.9 Å². The molecule has 1 aliphatic heterocycles. The van der Waals surface area contributed by atoms with Crippen LogP contribution in [0.15, 0.2) is 52.1 Å². The third kappa shape index (κ3) is 5.69. The fourth-order valence-corrected chi connectivity index (χ4v) is 3.97. The summed E-state index contributed by atoms with van der Waals surface area (Å²) in [7, 11) is 0. The van der Waals surface area contributed by atoms with E-state index in [1.54, 1.807) is 31.2 Å². The number of rotatable bonds is 8. The summed E-state index contributed by atoms with van der Waals surface area (Å²) in [5, 5.41) is 5.77. The number of hydrogen-bond donors (Lipinski definition) is 4. The lowest BCUT2D eigenvalue weighted by Gasteiger charge is -2.15. The van der Waals surface area contributed by atoms with Gasteiger partial charge in [0.15, 0.2) is 0 Å². The molecule has 0 aliphatic carbocycles. The Bertz CT molecular complexity index is 1400. The molecule has 3 aromatic rings. The van der Waals surface area contributed by atoms with Gasteiger partial charge in [0.25, 0.3) is 5.56 Å². The van der Waals surface area contributed by atoms with Gasteiger partial charge in [-0.25, -0.2) is 14.0 Å². The number of aryl methyl sites for hydroxylation is 1. The summed E-state index contributed by atoms with van der Waals surface area (Å²) in [5.41, 5.74) is 2.36. The van der Waals surface area contributed by atoms with Crippen molar-refractivity contribution >= 4 is 17.7 Å². The summed E-state index contributed by atoms with van der Waals surface area (Å²) in [6, 6.07) is 11.8. The SMILES string of the molecule is CC(=O)NC[C@H]1CN(c2ccc(-c3ccc(CNCc4c(C)[nH]c(=O)[nH]c4=O)cc3)c(F)c2)C(=O)O1. The number of ether oxygens (including phenoxy) is 1. The Morgan fingerprint density at radius 3 is 2.53 bits per heavy atom. The van der Waals surface area contributed by atoms with Crippen LogP contribution in [0.1, 0.15) is 23.7 Å². The molecule has 36 heavy (non-hydrogen) atoms. The van der Waals surface area contributed by atoms with Gasteiger partial charge >= 0.3 is 11.8 Å². The maximum atomic E-state index is 15.0. The molecule has 2 heterocycles. The molecule has 0 spiro atoms. The van der Waals surface area contributed by atoms with E-state index in [4.69, 9.17) is 4.74 Å². The molecule has 2 amide bonds. The number of nitrogens with one attached hydrogen (secondary N) is 4. The molecule has 2 aromatic carbocycles. The van der Waals surface area contributed by atoms with Crippen molar-refractivity contribution in [1.29, 1.82) is 0 Å². The number of carbonyl (C=O) groups excluding carboxylic acids is 2. The van der Waals surface area contributed by atoms with Crippen molar-refractivity contribution in [2.75, 3.05) is 18.0 Å². The maximum absolute atomic E-state index is 15.0. The van der Waals surface area contributed by atoms with Gasteiger partial charge in [-0.1, -0.05) is 24.3 Å². The van der Waals surface area contributed by atoms with E-state index < -0.39 is 29.3 Å². The van der Waals surface area contributed by atoms with Gasteiger partial charge in [0.2, 0.25) is 5.91 Å². The summed E-state index contributed by atoms with van der Waals surface area (Å²) < 4.78 is 20.2. The highest BCUT2D eigenvalue weighted by Gasteiger charge is 2.32. The predicted molar refractivity (Wildman–Crippen MR) is 131 cm³/mol. The number of aromatic amines is 2. The van der Waals surface area contributed by atoms with E-state index in [0.29, 0.717) is 34.6 Å². The lowest BCUT2D eigenvalue weighted by molar-refractivity contribution is -0.119. The monoisotopic (exact) mass is 495 g/mol. The van der Waals surface area contributed by atoms with Gasteiger partial charge in [-0.15, -0.1) is 0 Å². The standard InChI is InChI=1S/C25H26FN5O5/c1-14-21(23(33)30-24(34)29-14)12-27-10-16-3-5-17(6-4-16)20-8-7-18(9-22(20)26)31-13-19(36-25(31)35)11-28-15(2)32/h3-9,19,27H,10-13H2,1-2H3,(H,28,32)(H2,29,30,33,34)/t19-/m0/s1. The number of benzene rings is 2. The summed E-state index contributed by atoms with van der Waals surface area (Å²) in [6.45, 7) is 4.20. The Kier molecular flexibility index (Phi) is 7.30. The van der Waals surface area contributed by atoms with Crippen LogP contribution < -0.4 is 26.8 Å². The Labute approximate surface area is 205 Å². The van der Waals surface area contributed by atoms with E-state index in [-0.39, 0.29) is 25.5 Å². The molecule has 4 rings (SSSR count). The van der Waals surface area contributed by atoms with Gasteiger partial charge in [-0.05, 0) is 36.2 Å². The Morgan fingerprint density at radius 2 is 1.86 bits per heavy atom. The highest BCUT2D eigenvalue weighted by atomic mass is 19.1. The van der Waals surface area contributed by atoms with Crippen LogP contribution >= 0.6 is 0 Å². The van der Waals surface area contributed by atoms with Crippen LogP contribution in [0.25, 0.3) is 11.1 Å². The summed E-state index contributed by atoms with van der Waals surface area (Å²) in [4.78, 5) is 52.6. The molecule has 1 aliphatic rings. The molecule has 11 heteroatoms. The van der Waals surface area contributed by atoms with Crippen molar-refractivity contribution in [3.8, 4) is 11.1 Å². The van der Waals surface area contributed by atoms with Crippen molar-refractivity contribution in [3.63, 3.8) is 0 Å². The number of carbonyl (C=O) groups is 2. The molecule has 1 atom stereocenters. The predicted octanol–water partition coefficient (Wildman–Crippen LogP) is 1.93. The third-order valence-corrected chi connectivity index (χ3v) is 5.87. The van der Waals surface area contributed by atoms with Crippen molar-refractivity contribution in [2.45, 2.75) is 33.0 Å². The van der Waals surface area contributed by atoms with Crippen molar-refractivity contribution in [2.24, 2.45) is 0 Å². The normalized spacial score (nSPS) is 15.1. The molecular formula is C25H26FN5O5. The zero-order chi connectivity index (χ0) is 25.8. The first-order valence-corrected chi connectivity index (χ1v) is 11.4. The van der Waals surface area contributed by atoms with Gasteiger partial charge in [-0.3, -0.25) is 19.5 Å². The van der Waals surface area contributed by atoms with Crippen molar-refractivity contribution in [1.82, 2.24) is 20.6 Å². The van der Waals surface area contributed by atoms with E-state index in [2.05, 4.69) is 20.6 Å². The van der Waals surface area contributed by atoms with E-state index in [1.165, 1.54) is 17.9 Å². The number of cyclic esters (lactones) is 1. The number of anilines is 1. The fourth-order valence-electron chi connectivity index (χ4n) is 3.97. The highest BCUT2D eigenvalue weighted by Crippen LogP contribution is 2.29. The zero-order valence-corrected chi connectivity index (χ0v) is 19.8. The summed E-state index contributed by atoms with van der Waals surface area (Å²) in [5.74, 6) is -0.704. The van der Waals surface area contributed by atoms with Gasteiger partial charge < -0.3 is 20.4 Å². The van der Waals surface area contributed by atoms with E-state index in [0.717, 1.165) is 5.56 Å². The van der Waals surface area contributed by atoms with Gasteiger partial charge in [-0.2, -0.15) is 0 Å². The first kappa shape index (κ1) is 24.9. The average Bonchev–Trinajstić information content (AvgIpc) is 3.20. The fraction of sp³-hybridized carbons (Fsp3) is 0.280. The molecule has 1 fully saturated rings. The summed E-state index contributed by atoms with van der Waals surface area (Å²) in [6.07, 6.45) is -1.09. The Hall–Kier alpha value is -4.25. The number of aromatic nitrogens is 2. The molecule has 1 aromatic heterocycles. The minimum absolute atomic E-state index is 0.195. The van der Waals surface area contributed by atoms with Crippen LogP contribution in [0.3, 0.4) is 0 Å². The molecule has 1 saturated heterocycles. The van der Waals surface area contributed by atoms with Crippen LogP contribution in [0, 0.1) is 12.7 Å². The molecule has 0 saturated carbocycles. The lowest BCUT2D eigenvalue weighted by atomic mass is 10.0. The van der Waals surface area contributed by atoms with Gasteiger partial charge in [0.1, 0.15) is 11.9 Å². The largest absolute Gasteiger partial charge is 0.442 e. The number of amides is 2. The smallest absolute Gasteiger partial charge is 0.414 e. The molecule has 10 nitrogen and oxygen atoms in total. The van der Waals surface area contributed by atoms with Crippen LogP contribution in [0.4, 0.5) is 14.9 Å². The first-order chi connectivity index (χ1) is 17.2. The summed E-state index contributed by atoms with van der Waals surface area (Å²) >= 11 is 0. The number of nitrogens with zero attached hydrogens (tertiary/aromatic N) is 1. The molecule has 4 N–H and O–H groups in total. The second-order valence-electron chi connectivity index (χ2n) is 8.53. The van der Waals surface area contributed by atoms with E-state index in [1.807, 2.05) is 12.1 Å². The second kappa shape index (κ2) is 10.6. The molecule has 0 bridgehead atoms. The maximum Gasteiger partial charge on any atom is 0.414 e. The van der Waals surface area contributed by atoms with Crippen LogP contribution in [0.2, 0.25) is 0 Å². The van der Waals surface area contributed by atoms with Crippen LogP contribution in [-0.2, 0) is 22.6 Å². The average molecular weight is 496 g/mol.